The molecule has 5 nitrogen and oxygen atoms in total. The summed E-state index contributed by atoms with van der Waals surface area (Å²) in [6.45, 7) is 2.92. The van der Waals surface area contributed by atoms with Crippen LogP contribution in [0.2, 0.25) is 0 Å². The molecule has 1 aromatic rings. The maximum Gasteiger partial charge on any atom is 0.242 e. The number of hydrogen-bond donors (Lipinski definition) is 0. The van der Waals surface area contributed by atoms with E-state index in [-0.39, 0.29) is 18.4 Å². The van der Waals surface area contributed by atoms with Gasteiger partial charge < -0.3 is 9.80 Å². The van der Waals surface area contributed by atoms with Crippen LogP contribution in [0.15, 0.2) is 24.3 Å². The fourth-order valence-electron chi connectivity index (χ4n) is 2.55. The van der Waals surface area contributed by atoms with E-state index in [0.717, 1.165) is 32.4 Å². The lowest BCUT2D eigenvalue weighted by atomic mass is 10.1. The molecule has 0 saturated carbocycles. The molecule has 0 unspecified atom stereocenters. The lowest BCUT2D eigenvalue weighted by Gasteiger charge is -2.30. The van der Waals surface area contributed by atoms with Crippen molar-refractivity contribution in [2.45, 2.75) is 26.2 Å². The third-order valence-electron chi connectivity index (χ3n) is 3.70. The van der Waals surface area contributed by atoms with Crippen LogP contribution in [-0.4, -0.2) is 36.3 Å². The third-order valence-corrected chi connectivity index (χ3v) is 3.70. The van der Waals surface area contributed by atoms with E-state index in [9.17, 15) is 9.59 Å². The van der Waals surface area contributed by atoms with E-state index in [1.165, 1.54) is 11.8 Å². The minimum atomic E-state index is -0.233. The Labute approximate surface area is 124 Å². The second-order valence-corrected chi connectivity index (χ2v) is 5.18. The van der Waals surface area contributed by atoms with Gasteiger partial charge in [0.05, 0.1) is 11.3 Å². The first-order valence-corrected chi connectivity index (χ1v) is 7.18. The van der Waals surface area contributed by atoms with Gasteiger partial charge in [-0.2, -0.15) is 5.26 Å². The minimum Gasteiger partial charge on any atom is -0.341 e. The largest absolute Gasteiger partial charge is 0.341 e. The fraction of sp³-hybridized carbons (Fsp3) is 0.438. The number of benzene rings is 1. The molecule has 0 aromatic heterocycles. The van der Waals surface area contributed by atoms with Gasteiger partial charge in [-0.3, -0.25) is 9.59 Å². The number of amides is 2. The zero-order chi connectivity index (χ0) is 15.2. The van der Waals surface area contributed by atoms with Crippen LogP contribution in [0.1, 0.15) is 31.7 Å². The van der Waals surface area contributed by atoms with Crippen LogP contribution in [0.4, 0.5) is 5.69 Å². The Bertz CT molecular complexity index is 571. The van der Waals surface area contributed by atoms with Crippen molar-refractivity contribution < 1.29 is 9.59 Å². The monoisotopic (exact) mass is 285 g/mol. The molecule has 21 heavy (non-hydrogen) atoms. The number of carbonyl (C=O) groups is 2. The van der Waals surface area contributed by atoms with Crippen molar-refractivity contribution in [3.05, 3.63) is 29.8 Å². The summed E-state index contributed by atoms with van der Waals surface area (Å²) in [5.41, 5.74) is 0.900. The lowest BCUT2D eigenvalue weighted by Crippen LogP contribution is -2.44. The molecule has 5 heteroatoms. The highest BCUT2D eigenvalue weighted by molar-refractivity contribution is 5.98. The van der Waals surface area contributed by atoms with Crippen LogP contribution >= 0.6 is 0 Å². The van der Waals surface area contributed by atoms with Crippen molar-refractivity contribution in [1.29, 1.82) is 5.26 Å². The highest BCUT2D eigenvalue weighted by Gasteiger charge is 2.23. The smallest absolute Gasteiger partial charge is 0.242 e. The van der Waals surface area contributed by atoms with Gasteiger partial charge in [-0.1, -0.05) is 12.1 Å². The van der Waals surface area contributed by atoms with Crippen molar-refractivity contribution in [1.82, 2.24) is 4.90 Å². The first-order valence-electron chi connectivity index (χ1n) is 7.18. The van der Waals surface area contributed by atoms with Crippen molar-refractivity contribution in [2.24, 2.45) is 0 Å². The van der Waals surface area contributed by atoms with E-state index in [1.807, 2.05) is 0 Å². The third kappa shape index (κ3) is 3.60. The molecular weight excluding hydrogens is 266 g/mol. The fourth-order valence-corrected chi connectivity index (χ4v) is 2.55. The summed E-state index contributed by atoms with van der Waals surface area (Å²) < 4.78 is 0. The molecule has 1 fully saturated rings. The molecule has 0 spiro atoms. The Morgan fingerprint density at radius 1 is 1.24 bits per heavy atom. The standard InChI is InChI=1S/C16H19N3O2/c1-13(20)19(15-8-4-3-7-14(15)11-17)12-16(21)18-9-5-2-6-10-18/h3-4,7-8H,2,5-6,9-10,12H2,1H3. The van der Waals surface area contributed by atoms with Crippen LogP contribution in [0.3, 0.4) is 0 Å². The Morgan fingerprint density at radius 2 is 1.90 bits per heavy atom. The van der Waals surface area contributed by atoms with Gasteiger partial charge in [0, 0.05) is 20.0 Å². The summed E-state index contributed by atoms with van der Waals surface area (Å²) in [7, 11) is 0. The van der Waals surface area contributed by atoms with Crippen molar-refractivity contribution in [3.63, 3.8) is 0 Å². The van der Waals surface area contributed by atoms with Gasteiger partial charge in [0.25, 0.3) is 0 Å². The maximum absolute atomic E-state index is 12.3. The van der Waals surface area contributed by atoms with Gasteiger partial charge >= 0.3 is 0 Å². The zero-order valence-electron chi connectivity index (χ0n) is 12.2. The number of rotatable bonds is 3. The van der Waals surface area contributed by atoms with Crippen molar-refractivity contribution >= 4 is 17.5 Å². The average molecular weight is 285 g/mol. The second kappa shape index (κ2) is 6.89. The van der Waals surface area contributed by atoms with Crippen LogP contribution < -0.4 is 4.90 Å². The lowest BCUT2D eigenvalue weighted by molar-refractivity contribution is -0.132. The van der Waals surface area contributed by atoms with Crippen LogP contribution in [0.25, 0.3) is 0 Å². The molecule has 0 N–H and O–H groups in total. The first kappa shape index (κ1) is 15.0. The van der Waals surface area contributed by atoms with Gasteiger partial charge in [0.1, 0.15) is 12.6 Å². The Morgan fingerprint density at radius 3 is 2.52 bits per heavy atom. The van der Waals surface area contributed by atoms with Crippen molar-refractivity contribution in [2.75, 3.05) is 24.5 Å². The minimum absolute atomic E-state index is 0.00593. The number of anilines is 1. The van der Waals surface area contributed by atoms with Crippen molar-refractivity contribution in [3.8, 4) is 6.07 Å². The molecule has 110 valence electrons. The summed E-state index contributed by atoms with van der Waals surface area (Å²) in [5.74, 6) is -0.291. The van der Waals surface area contributed by atoms with Crippen LogP contribution in [0.5, 0.6) is 0 Å². The van der Waals surface area contributed by atoms with E-state index >= 15 is 0 Å². The molecule has 0 bridgehead atoms. The summed E-state index contributed by atoms with van der Waals surface area (Å²) in [6.07, 6.45) is 3.18. The van der Waals surface area contributed by atoms with Gasteiger partial charge in [0.2, 0.25) is 11.8 Å². The van der Waals surface area contributed by atoms with E-state index in [2.05, 4.69) is 6.07 Å². The van der Waals surface area contributed by atoms with E-state index < -0.39 is 0 Å². The number of nitrogens with zero attached hydrogens (tertiary/aromatic N) is 3. The van der Waals surface area contributed by atoms with Crippen LogP contribution in [-0.2, 0) is 9.59 Å². The predicted octanol–water partition coefficient (Wildman–Crippen LogP) is 1.92. The van der Waals surface area contributed by atoms with E-state index in [1.54, 1.807) is 29.2 Å². The molecule has 1 aliphatic rings. The maximum atomic E-state index is 12.3. The molecule has 0 aliphatic carbocycles. The zero-order valence-corrected chi connectivity index (χ0v) is 12.2. The van der Waals surface area contributed by atoms with Gasteiger partial charge in [0.15, 0.2) is 0 Å². The molecule has 2 amide bonds. The second-order valence-electron chi connectivity index (χ2n) is 5.18. The predicted molar refractivity (Wildman–Crippen MR) is 79.6 cm³/mol. The Balaban J connectivity index is 2.18. The average Bonchev–Trinajstić information content (AvgIpc) is 2.53. The highest BCUT2D eigenvalue weighted by atomic mass is 16.2. The summed E-state index contributed by atoms with van der Waals surface area (Å²) in [5, 5.41) is 9.15. The molecule has 1 aliphatic heterocycles. The highest BCUT2D eigenvalue weighted by Crippen LogP contribution is 2.20. The first-order chi connectivity index (χ1) is 10.1. The van der Waals surface area contributed by atoms with E-state index in [4.69, 9.17) is 5.26 Å². The molecule has 2 rings (SSSR count). The molecular formula is C16H19N3O2. The number of hydrogen-bond acceptors (Lipinski definition) is 3. The molecule has 1 heterocycles. The topological polar surface area (TPSA) is 64.4 Å². The number of piperidine rings is 1. The van der Waals surface area contributed by atoms with Gasteiger partial charge in [-0.25, -0.2) is 0 Å². The van der Waals surface area contributed by atoms with Gasteiger partial charge in [-0.15, -0.1) is 0 Å². The molecule has 0 atom stereocenters. The SMILES string of the molecule is CC(=O)N(CC(=O)N1CCCCC1)c1ccccc1C#N. The van der Waals surface area contributed by atoms with Gasteiger partial charge in [-0.05, 0) is 31.4 Å². The molecule has 1 aromatic carbocycles. The number of carbonyl (C=O) groups excluding carboxylic acids is 2. The summed E-state index contributed by atoms with van der Waals surface area (Å²) in [6, 6.07) is 8.92. The molecule has 1 saturated heterocycles. The van der Waals surface area contributed by atoms with E-state index in [0.29, 0.717) is 11.3 Å². The Hall–Kier alpha value is -2.35. The number of likely N-dealkylation sites (tertiary alicyclic amines) is 1. The summed E-state index contributed by atoms with van der Waals surface area (Å²) >= 11 is 0. The normalized spacial score (nSPS) is 14.4. The molecule has 0 radical (unpaired) electrons. The number of para-hydroxylation sites is 1. The summed E-state index contributed by atoms with van der Waals surface area (Å²) in [4.78, 5) is 27.4. The van der Waals surface area contributed by atoms with Crippen LogP contribution in [0, 0.1) is 11.3 Å². The quantitative estimate of drug-likeness (QED) is 0.852. The number of nitriles is 1. The Kier molecular flexibility index (Phi) is 4.94.